The van der Waals surface area contributed by atoms with Crippen LogP contribution in [0.3, 0.4) is 0 Å². The zero-order valence-corrected chi connectivity index (χ0v) is 30.1. The van der Waals surface area contributed by atoms with Gasteiger partial charge in [0, 0.05) is 43.8 Å². The number of nitrogens with zero attached hydrogens (tertiary/aromatic N) is 3. The third-order valence-electron chi connectivity index (χ3n) is 10.6. The summed E-state index contributed by atoms with van der Waals surface area (Å²) in [5, 5.41) is 4.24. The third-order valence-corrected chi connectivity index (χ3v) is 10.6. The Hall–Kier alpha value is -7.63. The van der Waals surface area contributed by atoms with Gasteiger partial charge in [-0.05, 0) is 58.1 Å². The summed E-state index contributed by atoms with van der Waals surface area (Å²) in [5.74, 6) is 1.73. The van der Waals surface area contributed by atoms with Crippen LogP contribution in [0.1, 0.15) is 0 Å². The van der Waals surface area contributed by atoms with Crippen LogP contribution < -0.4 is 0 Å². The van der Waals surface area contributed by atoms with Crippen LogP contribution in [0.4, 0.5) is 0 Å². The van der Waals surface area contributed by atoms with Crippen molar-refractivity contribution in [2.75, 3.05) is 0 Å². The van der Waals surface area contributed by atoms with Gasteiger partial charge >= 0.3 is 0 Å². The Bertz CT molecular complexity index is 3220. The van der Waals surface area contributed by atoms with Crippen molar-refractivity contribution in [3.8, 4) is 67.5 Å². The summed E-state index contributed by atoms with van der Waals surface area (Å²) in [7, 11) is 0. The van der Waals surface area contributed by atoms with E-state index in [1.54, 1.807) is 0 Å². The predicted molar refractivity (Wildman–Crippen MR) is 227 cm³/mol. The van der Waals surface area contributed by atoms with Crippen molar-refractivity contribution in [1.82, 2.24) is 15.0 Å². The lowest BCUT2D eigenvalue weighted by molar-refractivity contribution is 0.669. The first-order chi connectivity index (χ1) is 27.7. The molecule has 0 spiro atoms. The lowest BCUT2D eigenvalue weighted by Crippen LogP contribution is -2.00. The second-order valence-corrected chi connectivity index (χ2v) is 14.0. The highest BCUT2D eigenvalue weighted by Gasteiger charge is 2.17. The number of hydrogen-bond donors (Lipinski definition) is 0. The Balaban J connectivity index is 0.964. The summed E-state index contributed by atoms with van der Waals surface area (Å²) < 4.78 is 12.9. The van der Waals surface area contributed by atoms with Gasteiger partial charge in [-0.1, -0.05) is 158 Å². The molecule has 5 heteroatoms. The molecule has 11 rings (SSSR count). The van der Waals surface area contributed by atoms with Gasteiger partial charge < -0.3 is 8.83 Å². The van der Waals surface area contributed by atoms with Gasteiger partial charge in [-0.15, -0.1) is 0 Å². The molecule has 0 aliphatic rings. The van der Waals surface area contributed by atoms with Gasteiger partial charge in [0.15, 0.2) is 17.5 Å². The van der Waals surface area contributed by atoms with Crippen molar-refractivity contribution in [3.63, 3.8) is 0 Å². The summed E-state index contributed by atoms with van der Waals surface area (Å²) in [4.78, 5) is 15.0. The molecule has 0 unspecified atom stereocenters. The van der Waals surface area contributed by atoms with Gasteiger partial charge in [0.1, 0.15) is 22.3 Å². The maximum absolute atomic E-state index is 6.69. The highest BCUT2D eigenvalue weighted by molar-refractivity contribution is 6.10. The van der Waals surface area contributed by atoms with Crippen LogP contribution in [0, 0.1) is 0 Å². The van der Waals surface area contributed by atoms with E-state index in [9.17, 15) is 0 Å². The molecule has 3 heterocycles. The smallest absolute Gasteiger partial charge is 0.164 e. The topological polar surface area (TPSA) is 65.0 Å². The Morgan fingerprint density at radius 1 is 0.268 bits per heavy atom. The molecule has 11 aromatic rings. The molecule has 8 aromatic carbocycles. The number of hydrogen-bond acceptors (Lipinski definition) is 5. The van der Waals surface area contributed by atoms with Crippen molar-refractivity contribution >= 4 is 43.9 Å². The molecular weight excluding hydrogens is 687 g/mol. The van der Waals surface area contributed by atoms with Crippen molar-refractivity contribution in [1.29, 1.82) is 0 Å². The van der Waals surface area contributed by atoms with Crippen molar-refractivity contribution in [3.05, 3.63) is 188 Å². The second kappa shape index (κ2) is 13.0. The van der Waals surface area contributed by atoms with Crippen molar-refractivity contribution < 1.29 is 8.83 Å². The molecule has 0 saturated heterocycles. The van der Waals surface area contributed by atoms with E-state index in [0.29, 0.717) is 17.5 Å². The van der Waals surface area contributed by atoms with E-state index in [-0.39, 0.29) is 0 Å². The summed E-state index contributed by atoms with van der Waals surface area (Å²) in [6.07, 6.45) is 0. The molecule has 0 N–H and O–H groups in total. The average Bonchev–Trinajstić information content (AvgIpc) is 3.85. The molecule has 0 aliphatic heterocycles. The lowest BCUT2D eigenvalue weighted by atomic mass is 9.97. The molecule has 0 radical (unpaired) electrons. The van der Waals surface area contributed by atoms with E-state index in [1.165, 1.54) is 22.3 Å². The molecule has 0 aliphatic carbocycles. The Morgan fingerprint density at radius 3 is 1.32 bits per heavy atom. The van der Waals surface area contributed by atoms with Crippen LogP contribution in [0.25, 0.3) is 111 Å². The third kappa shape index (κ3) is 5.53. The largest absolute Gasteiger partial charge is 0.456 e. The fourth-order valence-electron chi connectivity index (χ4n) is 7.71. The number of aromatic nitrogens is 3. The molecule has 262 valence electrons. The monoisotopic (exact) mass is 717 g/mol. The van der Waals surface area contributed by atoms with E-state index in [1.807, 2.05) is 66.7 Å². The summed E-state index contributed by atoms with van der Waals surface area (Å²) in [6.45, 7) is 0. The van der Waals surface area contributed by atoms with Gasteiger partial charge in [-0.2, -0.15) is 0 Å². The summed E-state index contributed by atoms with van der Waals surface area (Å²) in [5.41, 5.74) is 12.8. The highest BCUT2D eigenvalue weighted by atomic mass is 16.3. The van der Waals surface area contributed by atoms with Gasteiger partial charge in [-0.3, -0.25) is 0 Å². The van der Waals surface area contributed by atoms with Crippen LogP contribution in [0.5, 0.6) is 0 Å². The summed E-state index contributed by atoms with van der Waals surface area (Å²) in [6, 6.07) is 64.7. The van der Waals surface area contributed by atoms with E-state index < -0.39 is 0 Å². The second-order valence-electron chi connectivity index (χ2n) is 14.0. The van der Waals surface area contributed by atoms with Crippen molar-refractivity contribution in [2.45, 2.75) is 0 Å². The SMILES string of the molecule is c1ccc(-c2ccc(-c3ccc(-c4cccc5c4oc4cc(-c6nc(-c7ccccc7)nc(-c7ccc8c(c7)oc7ccccc78)n6)ccc45)cc3)cc2)cc1. The molecule has 56 heavy (non-hydrogen) atoms. The van der Waals surface area contributed by atoms with Gasteiger partial charge in [0.05, 0.1) is 0 Å². The first-order valence-electron chi connectivity index (χ1n) is 18.7. The maximum atomic E-state index is 6.69. The fourth-order valence-corrected chi connectivity index (χ4v) is 7.71. The zero-order valence-electron chi connectivity index (χ0n) is 30.1. The molecular formula is C51H31N3O2. The number of fused-ring (bicyclic) bond motifs is 6. The Labute approximate surface area is 322 Å². The van der Waals surface area contributed by atoms with Crippen LogP contribution >= 0.6 is 0 Å². The van der Waals surface area contributed by atoms with E-state index in [4.69, 9.17) is 23.8 Å². The number of rotatable bonds is 6. The quantitative estimate of drug-likeness (QED) is 0.171. The molecule has 0 saturated carbocycles. The molecule has 0 amide bonds. The van der Waals surface area contributed by atoms with Crippen LogP contribution in [0.2, 0.25) is 0 Å². The van der Waals surface area contributed by atoms with Crippen LogP contribution in [-0.4, -0.2) is 15.0 Å². The maximum Gasteiger partial charge on any atom is 0.164 e. The Kier molecular flexibility index (Phi) is 7.42. The zero-order chi connectivity index (χ0) is 37.0. The number of para-hydroxylation sites is 2. The lowest BCUT2D eigenvalue weighted by Gasteiger charge is -2.08. The fraction of sp³-hybridized carbons (Fsp3) is 0. The van der Waals surface area contributed by atoms with E-state index in [0.717, 1.165) is 71.7 Å². The number of furan rings is 2. The molecule has 0 bridgehead atoms. The molecule has 0 fully saturated rings. The first kappa shape index (κ1) is 31.9. The van der Waals surface area contributed by atoms with Crippen molar-refractivity contribution in [2.24, 2.45) is 0 Å². The van der Waals surface area contributed by atoms with Gasteiger partial charge in [-0.25, -0.2) is 15.0 Å². The predicted octanol–water partition coefficient (Wildman–Crippen LogP) is 13.7. The van der Waals surface area contributed by atoms with Gasteiger partial charge in [0.2, 0.25) is 0 Å². The van der Waals surface area contributed by atoms with Gasteiger partial charge in [0.25, 0.3) is 0 Å². The standard InChI is InChI=1S/C51H31N3O2/c1-3-10-32(11-4-1)33-18-20-34(21-19-33)35-22-24-36(25-23-35)40-15-9-16-44-43-29-27-39(31-47(43)56-48(40)44)51-53-49(37-12-5-2-6-13-37)52-50(54-51)38-26-28-42-41-14-7-8-17-45(41)55-46(42)30-38/h1-31H. The number of benzene rings is 8. The van der Waals surface area contributed by atoms with E-state index >= 15 is 0 Å². The summed E-state index contributed by atoms with van der Waals surface area (Å²) >= 11 is 0. The normalized spacial score (nSPS) is 11.6. The van der Waals surface area contributed by atoms with Crippen LogP contribution in [0.15, 0.2) is 197 Å². The first-order valence-corrected chi connectivity index (χ1v) is 18.7. The minimum atomic E-state index is 0.563. The molecule has 3 aromatic heterocycles. The average molecular weight is 718 g/mol. The minimum absolute atomic E-state index is 0.563. The highest BCUT2D eigenvalue weighted by Crippen LogP contribution is 2.39. The Morgan fingerprint density at radius 2 is 0.696 bits per heavy atom. The van der Waals surface area contributed by atoms with Crippen LogP contribution in [-0.2, 0) is 0 Å². The molecule has 5 nitrogen and oxygen atoms in total. The molecule has 0 atom stereocenters. The van der Waals surface area contributed by atoms with E-state index in [2.05, 4.69) is 121 Å². The minimum Gasteiger partial charge on any atom is -0.456 e.